The summed E-state index contributed by atoms with van der Waals surface area (Å²) >= 11 is 0. The zero-order chi connectivity index (χ0) is 15.2. The third-order valence-electron chi connectivity index (χ3n) is 3.90. The summed E-state index contributed by atoms with van der Waals surface area (Å²) < 4.78 is 12.3. The van der Waals surface area contributed by atoms with Gasteiger partial charge in [0.25, 0.3) is 0 Å². The SMILES string of the molecule is Cc1ccc(N)c(S(=O)CC(=O)NC2CCCCCC2)c1. The smallest absolute Gasteiger partial charge is 0.233 e. The first-order valence-corrected chi connectivity index (χ1v) is 8.92. The zero-order valence-corrected chi connectivity index (χ0v) is 13.4. The number of nitrogen functional groups attached to an aromatic ring is 1. The molecule has 1 aliphatic carbocycles. The van der Waals surface area contributed by atoms with Crippen molar-refractivity contribution in [2.24, 2.45) is 0 Å². The highest BCUT2D eigenvalue weighted by Crippen LogP contribution is 2.19. The van der Waals surface area contributed by atoms with Crippen LogP contribution in [0.3, 0.4) is 0 Å². The van der Waals surface area contributed by atoms with Crippen molar-refractivity contribution in [3.05, 3.63) is 23.8 Å². The minimum absolute atomic E-state index is 0.00977. The van der Waals surface area contributed by atoms with Crippen molar-refractivity contribution in [2.45, 2.75) is 56.4 Å². The van der Waals surface area contributed by atoms with E-state index >= 15 is 0 Å². The predicted octanol–water partition coefficient (Wildman–Crippen LogP) is 2.52. The highest BCUT2D eigenvalue weighted by Gasteiger charge is 2.18. The fourth-order valence-electron chi connectivity index (χ4n) is 2.73. The Kier molecular flexibility index (Phi) is 5.79. The van der Waals surface area contributed by atoms with Crippen LogP contribution in [0.25, 0.3) is 0 Å². The van der Waals surface area contributed by atoms with Crippen molar-refractivity contribution < 1.29 is 9.00 Å². The van der Waals surface area contributed by atoms with Crippen LogP contribution in [0.5, 0.6) is 0 Å². The van der Waals surface area contributed by atoms with Crippen LogP contribution >= 0.6 is 0 Å². The van der Waals surface area contributed by atoms with Gasteiger partial charge in [-0.05, 0) is 37.5 Å². The number of benzene rings is 1. The summed E-state index contributed by atoms with van der Waals surface area (Å²) in [6.45, 7) is 1.92. The summed E-state index contributed by atoms with van der Waals surface area (Å²) in [4.78, 5) is 12.6. The summed E-state index contributed by atoms with van der Waals surface area (Å²) in [7, 11) is -1.38. The van der Waals surface area contributed by atoms with E-state index in [0.717, 1.165) is 18.4 Å². The number of anilines is 1. The van der Waals surface area contributed by atoms with Gasteiger partial charge in [0.2, 0.25) is 5.91 Å². The Morgan fingerprint density at radius 2 is 1.95 bits per heavy atom. The highest BCUT2D eigenvalue weighted by atomic mass is 32.2. The molecule has 1 atom stereocenters. The van der Waals surface area contributed by atoms with Gasteiger partial charge in [0.15, 0.2) is 0 Å². The lowest BCUT2D eigenvalue weighted by molar-refractivity contribution is -0.119. The van der Waals surface area contributed by atoms with Gasteiger partial charge in [-0.25, -0.2) is 0 Å². The second-order valence-corrected chi connectivity index (χ2v) is 7.21. The molecule has 0 saturated heterocycles. The molecule has 0 aliphatic heterocycles. The van der Waals surface area contributed by atoms with Gasteiger partial charge in [-0.15, -0.1) is 0 Å². The van der Waals surface area contributed by atoms with Crippen LogP contribution in [0.2, 0.25) is 0 Å². The number of carbonyl (C=O) groups excluding carboxylic acids is 1. The quantitative estimate of drug-likeness (QED) is 0.663. The molecule has 0 aromatic heterocycles. The van der Waals surface area contributed by atoms with Gasteiger partial charge in [-0.1, -0.05) is 31.7 Å². The number of amides is 1. The average molecular weight is 308 g/mol. The second-order valence-electron chi connectivity index (χ2n) is 5.79. The van der Waals surface area contributed by atoms with Gasteiger partial charge in [0.1, 0.15) is 5.75 Å². The lowest BCUT2D eigenvalue weighted by Crippen LogP contribution is -2.37. The largest absolute Gasteiger partial charge is 0.398 e. The Balaban J connectivity index is 1.92. The van der Waals surface area contributed by atoms with E-state index in [1.807, 2.05) is 13.0 Å². The van der Waals surface area contributed by atoms with Crippen LogP contribution in [0.15, 0.2) is 23.1 Å². The Bertz CT molecular complexity index is 523. The van der Waals surface area contributed by atoms with Crippen LogP contribution in [0.1, 0.15) is 44.1 Å². The molecule has 0 radical (unpaired) electrons. The van der Waals surface area contributed by atoms with Gasteiger partial charge >= 0.3 is 0 Å². The van der Waals surface area contributed by atoms with E-state index in [4.69, 9.17) is 5.73 Å². The molecule has 1 amide bonds. The molecule has 1 aromatic rings. The third-order valence-corrected chi connectivity index (χ3v) is 5.27. The standard InChI is InChI=1S/C16H24N2O2S/c1-12-8-9-14(17)15(10-12)21(20)11-16(19)18-13-6-4-2-3-5-7-13/h8-10,13H,2-7,11,17H2,1H3,(H,18,19). The zero-order valence-electron chi connectivity index (χ0n) is 12.6. The van der Waals surface area contributed by atoms with Crippen LogP contribution in [-0.2, 0) is 15.6 Å². The lowest BCUT2D eigenvalue weighted by atomic mass is 10.1. The number of nitrogens with two attached hydrogens (primary N) is 1. The van der Waals surface area contributed by atoms with E-state index in [1.54, 1.807) is 12.1 Å². The molecule has 0 bridgehead atoms. The predicted molar refractivity (Wildman–Crippen MR) is 86.5 cm³/mol. The number of rotatable bonds is 4. The Hall–Kier alpha value is -1.36. The van der Waals surface area contributed by atoms with E-state index in [9.17, 15) is 9.00 Å². The minimum atomic E-state index is -1.38. The first-order chi connectivity index (χ1) is 10.1. The molecule has 1 aromatic carbocycles. The molecular weight excluding hydrogens is 284 g/mol. The topological polar surface area (TPSA) is 72.2 Å². The Morgan fingerprint density at radius 3 is 2.62 bits per heavy atom. The summed E-state index contributed by atoms with van der Waals surface area (Å²) in [5.41, 5.74) is 7.33. The molecule has 2 rings (SSSR count). The lowest BCUT2D eigenvalue weighted by Gasteiger charge is -2.16. The molecule has 1 unspecified atom stereocenters. The maximum absolute atomic E-state index is 12.3. The van der Waals surface area contributed by atoms with Crippen molar-refractivity contribution >= 4 is 22.4 Å². The number of aryl methyl sites for hydroxylation is 1. The van der Waals surface area contributed by atoms with E-state index in [-0.39, 0.29) is 17.7 Å². The van der Waals surface area contributed by atoms with Gasteiger partial charge in [-0.2, -0.15) is 0 Å². The summed E-state index contributed by atoms with van der Waals surface area (Å²) in [5.74, 6) is -0.148. The molecule has 0 heterocycles. The summed E-state index contributed by atoms with van der Waals surface area (Å²) in [6.07, 6.45) is 6.89. The molecule has 4 nitrogen and oxygen atoms in total. The van der Waals surface area contributed by atoms with Crippen LogP contribution < -0.4 is 11.1 Å². The number of nitrogens with one attached hydrogen (secondary N) is 1. The van der Waals surface area contributed by atoms with Crippen molar-refractivity contribution in [3.63, 3.8) is 0 Å². The normalized spacial score (nSPS) is 18.0. The van der Waals surface area contributed by atoms with E-state index < -0.39 is 10.8 Å². The molecular formula is C16H24N2O2S. The number of carbonyl (C=O) groups is 1. The van der Waals surface area contributed by atoms with Crippen molar-refractivity contribution in [1.29, 1.82) is 0 Å². The van der Waals surface area contributed by atoms with E-state index in [2.05, 4.69) is 5.32 Å². The van der Waals surface area contributed by atoms with Gasteiger partial charge in [0, 0.05) is 11.7 Å². The number of hydrogen-bond acceptors (Lipinski definition) is 3. The maximum atomic E-state index is 12.3. The molecule has 1 fully saturated rings. The van der Waals surface area contributed by atoms with Crippen molar-refractivity contribution in [3.8, 4) is 0 Å². The van der Waals surface area contributed by atoms with Crippen molar-refractivity contribution in [2.75, 3.05) is 11.5 Å². The van der Waals surface area contributed by atoms with Gasteiger partial charge in [0.05, 0.1) is 15.7 Å². The second kappa shape index (κ2) is 7.59. The Labute approximate surface area is 129 Å². The molecule has 1 saturated carbocycles. The molecule has 1 aliphatic rings. The molecule has 116 valence electrons. The molecule has 3 N–H and O–H groups in total. The van der Waals surface area contributed by atoms with E-state index in [1.165, 1.54) is 25.7 Å². The van der Waals surface area contributed by atoms with Crippen molar-refractivity contribution in [1.82, 2.24) is 5.32 Å². The molecule has 0 spiro atoms. The van der Waals surface area contributed by atoms with Gasteiger partial charge in [-0.3, -0.25) is 9.00 Å². The number of hydrogen-bond donors (Lipinski definition) is 2. The third kappa shape index (κ3) is 4.84. The monoisotopic (exact) mass is 308 g/mol. The average Bonchev–Trinajstić information content (AvgIpc) is 2.70. The van der Waals surface area contributed by atoms with Crippen LogP contribution in [0, 0.1) is 6.92 Å². The van der Waals surface area contributed by atoms with Crippen LogP contribution in [0.4, 0.5) is 5.69 Å². The highest BCUT2D eigenvalue weighted by molar-refractivity contribution is 7.86. The summed E-state index contributed by atoms with van der Waals surface area (Å²) in [5, 5.41) is 3.02. The molecule has 21 heavy (non-hydrogen) atoms. The summed E-state index contributed by atoms with van der Waals surface area (Å²) in [6, 6.07) is 5.66. The fourth-order valence-corrected chi connectivity index (χ4v) is 3.85. The molecule has 5 heteroatoms. The van der Waals surface area contributed by atoms with Crippen LogP contribution in [-0.4, -0.2) is 21.9 Å². The Morgan fingerprint density at radius 1 is 1.29 bits per heavy atom. The first-order valence-electron chi connectivity index (χ1n) is 7.60. The first kappa shape index (κ1) is 16.0. The van der Waals surface area contributed by atoms with Gasteiger partial charge < -0.3 is 11.1 Å². The fraction of sp³-hybridized carbons (Fsp3) is 0.562. The minimum Gasteiger partial charge on any atom is -0.398 e. The maximum Gasteiger partial charge on any atom is 0.233 e. The van der Waals surface area contributed by atoms with E-state index in [0.29, 0.717) is 10.6 Å².